The van der Waals surface area contributed by atoms with E-state index in [4.69, 9.17) is 9.47 Å². The molecule has 0 saturated heterocycles. The molecule has 4 heteroatoms. The van der Waals surface area contributed by atoms with E-state index in [0.29, 0.717) is 10.1 Å². The van der Waals surface area contributed by atoms with Crippen LogP contribution in [0.5, 0.6) is 5.75 Å². The van der Waals surface area contributed by atoms with Crippen molar-refractivity contribution in [2.45, 2.75) is 0 Å². The van der Waals surface area contributed by atoms with E-state index in [2.05, 4.69) is 27.8 Å². The minimum atomic E-state index is -0.357. The van der Waals surface area contributed by atoms with E-state index >= 15 is 0 Å². The molecule has 0 radical (unpaired) electrons. The summed E-state index contributed by atoms with van der Waals surface area (Å²) in [6.07, 6.45) is 0. The minimum Gasteiger partial charge on any atom is -0.497 e. The molecule has 0 N–H and O–H groups in total. The first kappa shape index (κ1) is 11.7. The Balaban J connectivity index is 2.19. The monoisotopic (exact) mass is 292 g/mol. The number of esters is 1. The number of hydrogen-bond donors (Lipinski definition) is 0. The summed E-state index contributed by atoms with van der Waals surface area (Å²) in [6.45, 7) is 0.239. The molecule has 1 aromatic rings. The second-order valence-corrected chi connectivity index (χ2v) is 4.14. The van der Waals surface area contributed by atoms with Crippen molar-refractivity contribution in [2.24, 2.45) is 0 Å². The Morgan fingerprint density at radius 1 is 1.29 bits per heavy atom. The first-order chi connectivity index (χ1) is 8.20. The zero-order chi connectivity index (χ0) is 12.3. The second kappa shape index (κ2) is 5.07. The lowest BCUT2D eigenvalue weighted by Crippen LogP contribution is -1.93. The van der Waals surface area contributed by atoms with Gasteiger partial charge in [0.1, 0.15) is 16.8 Å². The molecule has 86 valence electrons. The van der Waals surface area contributed by atoms with Gasteiger partial charge in [0.2, 0.25) is 0 Å². The zero-order valence-electron chi connectivity index (χ0n) is 9.12. The summed E-state index contributed by atoms with van der Waals surface area (Å²) in [5, 5.41) is 0. The lowest BCUT2D eigenvalue weighted by molar-refractivity contribution is -0.135. The van der Waals surface area contributed by atoms with E-state index in [0.717, 1.165) is 11.3 Å². The number of methoxy groups -OCH3 is 1. The summed E-state index contributed by atoms with van der Waals surface area (Å²) in [4.78, 5) is 11.1. The van der Waals surface area contributed by atoms with Crippen LogP contribution >= 0.6 is 15.9 Å². The summed E-state index contributed by atoms with van der Waals surface area (Å²) in [7, 11) is 1.62. The fraction of sp³-hybridized carbons (Fsp3) is 0.154. The van der Waals surface area contributed by atoms with Crippen LogP contribution in [-0.2, 0) is 9.53 Å². The normalized spacial score (nSPS) is 14.1. The van der Waals surface area contributed by atoms with Crippen molar-refractivity contribution in [3.8, 4) is 17.6 Å². The Hall–Kier alpha value is -1.73. The maximum Gasteiger partial charge on any atom is 0.346 e. The van der Waals surface area contributed by atoms with Gasteiger partial charge in [0, 0.05) is 5.56 Å². The predicted molar refractivity (Wildman–Crippen MR) is 66.8 cm³/mol. The van der Waals surface area contributed by atoms with Crippen LogP contribution in [0.25, 0.3) is 0 Å². The summed E-state index contributed by atoms with van der Waals surface area (Å²) in [5.41, 5.74) is 1.53. The van der Waals surface area contributed by atoms with Crippen LogP contribution in [0.4, 0.5) is 0 Å². The van der Waals surface area contributed by atoms with Gasteiger partial charge in [0.25, 0.3) is 0 Å². The average molecular weight is 293 g/mol. The molecule has 0 aromatic heterocycles. The Morgan fingerprint density at radius 3 is 2.53 bits per heavy atom. The highest BCUT2D eigenvalue weighted by molar-refractivity contribution is 9.12. The topological polar surface area (TPSA) is 35.5 Å². The minimum absolute atomic E-state index is 0.239. The molecule has 0 amide bonds. The Kier molecular flexibility index (Phi) is 3.50. The van der Waals surface area contributed by atoms with Gasteiger partial charge in [0.05, 0.1) is 12.7 Å². The number of ether oxygens (including phenoxy) is 2. The molecular weight excluding hydrogens is 284 g/mol. The van der Waals surface area contributed by atoms with Gasteiger partial charge in [-0.1, -0.05) is 11.8 Å². The van der Waals surface area contributed by atoms with Crippen molar-refractivity contribution >= 4 is 21.9 Å². The fourth-order valence-electron chi connectivity index (χ4n) is 1.30. The molecule has 2 rings (SSSR count). The molecule has 17 heavy (non-hydrogen) atoms. The van der Waals surface area contributed by atoms with Crippen LogP contribution in [0.15, 0.2) is 34.3 Å². The molecule has 0 unspecified atom stereocenters. The van der Waals surface area contributed by atoms with Crippen molar-refractivity contribution < 1.29 is 14.3 Å². The number of hydrogen-bond acceptors (Lipinski definition) is 3. The van der Waals surface area contributed by atoms with Crippen LogP contribution in [-0.4, -0.2) is 19.7 Å². The molecule has 0 fully saturated rings. The van der Waals surface area contributed by atoms with Gasteiger partial charge in [-0.05, 0) is 40.2 Å². The van der Waals surface area contributed by atoms with Crippen LogP contribution < -0.4 is 4.74 Å². The third kappa shape index (κ3) is 2.69. The smallest absolute Gasteiger partial charge is 0.346 e. The van der Waals surface area contributed by atoms with Gasteiger partial charge in [-0.25, -0.2) is 4.79 Å². The number of halogens is 1. The van der Waals surface area contributed by atoms with Crippen LogP contribution in [0.1, 0.15) is 5.56 Å². The number of cyclic esters (lactones) is 1. The number of carbonyl (C=O) groups is 1. The second-order valence-electron chi connectivity index (χ2n) is 3.35. The van der Waals surface area contributed by atoms with E-state index < -0.39 is 0 Å². The summed E-state index contributed by atoms with van der Waals surface area (Å²) in [6, 6.07) is 7.39. The average Bonchev–Trinajstić information content (AvgIpc) is 2.68. The Morgan fingerprint density at radius 2 is 2.00 bits per heavy atom. The molecule has 1 aromatic carbocycles. The highest BCUT2D eigenvalue weighted by Gasteiger charge is 2.20. The lowest BCUT2D eigenvalue weighted by atomic mass is 10.2. The molecule has 0 spiro atoms. The van der Waals surface area contributed by atoms with E-state index in [9.17, 15) is 4.79 Å². The third-order valence-corrected chi connectivity index (χ3v) is 3.04. The quantitative estimate of drug-likeness (QED) is 0.588. The fourth-order valence-corrected chi connectivity index (χ4v) is 1.63. The predicted octanol–water partition coefficient (Wildman–Crippen LogP) is 2.25. The molecule has 0 saturated carbocycles. The molecule has 1 heterocycles. The van der Waals surface area contributed by atoms with Crippen molar-refractivity contribution in [2.75, 3.05) is 13.7 Å². The zero-order valence-corrected chi connectivity index (χ0v) is 10.7. The summed E-state index contributed by atoms with van der Waals surface area (Å²) in [5.74, 6) is 6.30. The van der Waals surface area contributed by atoms with Gasteiger partial charge < -0.3 is 9.47 Å². The highest BCUT2D eigenvalue weighted by Crippen LogP contribution is 2.20. The van der Waals surface area contributed by atoms with Crippen LogP contribution in [0, 0.1) is 11.8 Å². The maximum atomic E-state index is 11.1. The number of carbonyl (C=O) groups excluding carboxylic acids is 1. The van der Waals surface area contributed by atoms with Gasteiger partial charge in [-0.15, -0.1) is 0 Å². The van der Waals surface area contributed by atoms with Crippen molar-refractivity contribution in [3.05, 3.63) is 39.9 Å². The van der Waals surface area contributed by atoms with Crippen molar-refractivity contribution in [1.29, 1.82) is 0 Å². The van der Waals surface area contributed by atoms with Gasteiger partial charge in [-0.2, -0.15) is 0 Å². The molecule has 3 nitrogen and oxygen atoms in total. The SMILES string of the molecule is COc1ccc(C#CC2=C(Br)C(=O)OC2)cc1. The van der Waals surface area contributed by atoms with E-state index in [1.54, 1.807) is 7.11 Å². The molecule has 0 aliphatic carbocycles. The van der Waals surface area contributed by atoms with E-state index in [-0.39, 0.29) is 12.6 Å². The maximum absolute atomic E-state index is 11.1. The van der Waals surface area contributed by atoms with Gasteiger partial charge >= 0.3 is 5.97 Å². The van der Waals surface area contributed by atoms with E-state index in [1.807, 2.05) is 24.3 Å². The van der Waals surface area contributed by atoms with Crippen LogP contribution in [0.2, 0.25) is 0 Å². The molecule has 0 bridgehead atoms. The molecule has 0 atom stereocenters. The third-order valence-electron chi connectivity index (χ3n) is 2.24. The number of rotatable bonds is 1. The standard InChI is InChI=1S/C13H9BrO3/c1-16-11-6-3-9(4-7-11)2-5-10-8-17-13(15)12(10)14/h3-4,6-7H,8H2,1H3. The Bertz CT molecular complexity index is 532. The number of benzene rings is 1. The first-order valence-electron chi connectivity index (χ1n) is 4.92. The molecule has 1 aliphatic heterocycles. The highest BCUT2D eigenvalue weighted by atomic mass is 79.9. The van der Waals surface area contributed by atoms with E-state index in [1.165, 1.54) is 0 Å². The Labute approximate surface area is 108 Å². The van der Waals surface area contributed by atoms with Gasteiger partial charge in [0.15, 0.2) is 0 Å². The largest absolute Gasteiger partial charge is 0.497 e. The van der Waals surface area contributed by atoms with Crippen molar-refractivity contribution in [1.82, 2.24) is 0 Å². The molecular formula is C13H9BrO3. The summed E-state index contributed by atoms with van der Waals surface area (Å²) < 4.78 is 10.3. The molecule has 1 aliphatic rings. The van der Waals surface area contributed by atoms with Crippen molar-refractivity contribution in [3.63, 3.8) is 0 Å². The van der Waals surface area contributed by atoms with Crippen LogP contribution in [0.3, 0.4) is 0 Å². The summed E-state index contributed by atoms with van der Waals surface area (Å²) >= 11 is 3.15. The van der Waals surface area contributed by atoms with Gasteiger partial charge in [-0.3, -0.25) is 0 Å². The lowest BCUT2D eigenvalue weighted by Gasteiger charge is -1.97. The first-order valence-corrected chi connectivity index (χ1v) is 5.72.